The minimum Gasteiger partial charge on any atom is -0.483 e. The van der Waals surface area contributed by atoms with E-state index >= 15 is 0 Å². The molecule has 0 saturated heterocycles. The molecule has 0 aliphatic heterocycles. The summed E-state index contributed by atoms with van der Waals surface area (Å²) in [6, 6.07) is 27.2. The van der Waals surface area contributed by atoms with Gasteiger partial charge in [-0.2, -0.15) is 0 Å². The second-order valence-electron chi connectivity index (χ2n) is 7.99. The zero-order chi connectivity index (χ0) is 24.8. The van der Waals surface area contributed by atoms with E-state index in [1.54, 1.807) is 12.1 Å². The lowest BCUT2D eigenvalue weighted by Gasteiger charge is -2.14. The van der Waals surface area contributed by atoms with Gasteiger partial charge in [0, 0.05) is 22.6 Å². The zero-order valence-corrected chi connectivity index (χ0v) is 18.8. The van der Waals surface area contributed by atoms with Crippen LogP contribution in [0, 0.1) is 0 Å². The minimum absolute atomic E-state index is 0.0187. The van der Waals surface area contributed by atoms with Crippen molar-refractivity contribution in [3.63, 3.8) is 0 Å². The molecule has 0 spiro atoms. The largest absolute Gasteiger partial charge is 0.483 e. The molecule has 1 aliphatic rings. The average Bonchev–Trinajstić information content (AvgIpc) is 3.20. The number of nitrogens with two attached hydrogens (primary N) is 1. The number of alkyl carbamates (subject to hydrolysis) is 1. The number of carboxylic acid groups (broad SMARTS) is 1. The number of Topliss-reactive ketones (excluding diaryl/α,β-unsaturated/α-hetero) is 1. The summed E-state index contributed by atoms with van der Waals surface area (Å²) in [7, 11) is 0. The summed E-state index contributed by atoms with van der Waals surface area (Å²) < 4.78 is 5.49. The van der Waals surface area contributed by atoms with E-state index in [9.17, 15) is 9.59 Å². The molecule has 7 nitrogen and oxygen atoms in total. The topological polar surface area (TPSA) is 119 Å². The highest BCUT2D eigenvalue weighted by Crippen LogP contribution is 2.44. The molecule has 0 aromatic heterocycles. The first-order valence-corrected chi connectivity index (χ1v) is 11.0. The maximum absolute atomic E-state index is 12.6. The Bertz CT molecular complexity index is 1350. The molecular formula is C28H24N2O5. The molecule has 4 aromatic carbocycles. The lowest BCUT2D eigenvalue weighted by molar-refractivity contribution is -0.122. The number of hydrogen-bond acceptors (Lipinski definition) is 5. The van der Waals surface area contributed by atoms with Crippen molar-refractivity contribution in [2.45, 2.75) is 5.92 Å². The van der Waals surface area contributed by atoms with E-state index in [2.05, 4.69) is 29.6 Å². The third kappa shape index (κ3) is 4.99. The Balaban J connectivity index is 0.000000917. The van der Waals surface area contributed by atoms with E-state index in [1.165, 1.54) is 11.1 Å². The number of anilines is 1. The lowest BCUT2D eigenvalue weighted by Crippen LogP contribution is -2.31. The second-order valence-corrected chi connectivity index (χ2v) is 7.99. The molecule has 4 aromatic rings. The van der Waals surface area contributed by atoms with Crippen LogP contribution < -0.4 is 11.1 Å². The lowest BCUT2D eigenvalue weighted by atomic mass is 9.98. The van der Waals surface area contributed by atoms with Gasteiger partial charge in [0.15, 0.2) is 5.78 Å². The number of ketones is 1. The number of nitrogen functional groups attached to an aromatic ring is 1. The van der Waals surface area contributed by atoms with Gasteiger partial charge in [-0.05, 0) is 39.8 Å². The van der Waals surface area contributed by atoms with E-state index < -0.39 is 6.09 Å². The third-order valence-electron chi connectivity index (χ3n) is 5.97. The molecule has 0 heterocycles. The molecule has 1 amide bonds. The van der Waals surface area contributed by atoms with E-state index in [0.717, 1.165) is 21.9 Å². The Morgan fingerprint density at radius 3 is 2.20 bits per heavy atom. The summed E-state index contributed by atoms with van der Waals surface area (Å²) in [4.78, 5) is 33.2. The van der Waals surface area contributed by atoms with Gasteiger partial charge in [0.2, 0.25) is 0 Å². The molecule has 0 fully saturated rings. The van der Waals surface area contributed by atoms with Crippen molar-refractivity contribution >= 4 is 34.8 Å². The third-order valence-corrected chi connectivity index (χ3v) is 5.97. The van der Waals surface area contributed by atoms with Crippen LogP contribution in [0.25, 0.3) is 21.9 Å². The van der Waals surface area contributed by atoms with Crippen LogP contribution >= 0.6 is 0 Å². The molecular weight excluding hydrogens is 444 g/mol. The molecule has 5 rings (SSSR count). The number of fused-ring (bicyclic) bond motifs is 4. The van der Waals surface area contributed by atoms with Crippen molar-refractivity contribution in [1.82, 2.24) is 5.32 Å². The maximum atomic E-state index is 12.6. The van der Waals surface area contributed by atoms with Gasteiger partial charge in [-0.25, -0.2) is 4.79 Å². The van der Waals surface area contributed by atoms with Gasteiger partial charge >= 0.3 is 6.09 Å². The molecule has 0 radical (unpaired) electrons. The number of carbonyl (C=O) groups is 3. The molecule has 0 unspecified atom stereocenters. The molecule has 0 bridgehead atoms. The van der Waals surface area contributed by atoms with Crippen LogP contribution in [0.2, 0.25) is 0 Å². The van der Waals surface area contributed by atoms with Crippen LogP contribution in [0.15, 0.2) is 84.9 Å². The van der Waals surface area contributed by atoms with Gasteiger partial charge in [0.25, 0.3) is 6.47 Å². The summed E-state index contributed by atoms with van der Waals surface area (Å²) in [6.45, 7) is -0.173. The van der Waals surface area contributed by atoms with Gasteiger partial charge in [0.05, 0.1) is 6.54 Å². The SMILES string of the molecule is Nc1cccc2cc(C(=O)CNC(=O)OCC3c4ccccc4-c4ccccc43)ccc12.O=CO. The van der Waals surface area contributed by atoms with Crippen LogP contribution in [0.1, 0.15) is 27.4 Å². The Labute approximate surface area is 202 Å². The van der Waals surface area contributed by atoms with Crippen molar-refractivity contribution in [1.29, 1.82) is 0 Å². The Hall–Kier alpha value is -4.65. The summed E-state index contributed by atoms with van der Waals surface area (Å²) in [6.07, 6.45) is -0.606. The van der Waals surface area contributed by atoms with Crippen molar-refractivity contribution in [3.8, 4) is 11.1 Å². The van der Waals surface area contributed by atoms with Crippen LogP contribution in [0.3, 0.4) is 0 Å². The number of rotatable bonds is 5. The monoisotopic (exact) mass is 468 g/mol. The highest BCUT2D eigenvalue weighted by atomic mass is 16.5. The molecule has 7 heteroatoms. The standard InChI is InChI=1S/C27H22N2O3.CH2O2/c28-25-11-5-6-17-14-18(12-13-19(17)25)26(30)15-29-27(31)32-16-24-22-9-3-1-7-20(22)21-8-2-4-10-23(21)24;2-1-3/h1-14,24H,15-16,28H2,(H,29,31);1H,(H,2,3). The van der Waals surface area contributed by atoms with Gasteiger partial charge in [-0.15, -0.1) is 0 Å². The Morgan fingerprint density at radius 2 is 1.54 bits per heavy atom. The highest BCUT2D eigenvalue weighted by Gasteiger charge is 2.29. The molecule has 0 saturated carbocycles. The number of ether oxygens (including phenoxy) is 1. The first-order chi connectivity index (χ1) is 17.0. The number of nitrogens with one attached hydrogen (secondary N) is 1. The molecule has 35 heavy (non-hydrogen) atoms. The quantitative estimate of drug-likeness (QED) is 0.219. The van der Waals surface area contributed by atoms with Crippen molar-refractivity contribution in [2.75, 3.05) is 18.9 Å². The summed E-state index contributed by atoms with van der Waals surface area (Å²) in [5, 5.41) is 11.2. The fraction of sp³-hybridized carbons (Fsp3) is 0.107. The van der Waals surface area contributed by atoms with Gasteiger partial charge < -0.3 is 20.9 Å². The van der Waals surface area contributed by atoms with Crippen molar-refractivity contribution in [2.24, 2.45) is 0 Å². The van der Waals surface area contributed by atoms with E-state index in [0.29, 0.717) is 11.3 Å². The fourth-order valence-electron chi connectivity index (χ4n) is 4.39. The van der Waals surface area contributed by atoms with E-state index in [4.69, 9.17) is 20.4 Å². The van der Waals surface area contributed by atoms with Crippen LogP contribution in [-0.4, -0.2) is 36.6 Å². The van der Waals surface area contributed by atoms with Crippen molar-refractivity contribution < 1.29 is 24.2 Å². The number of carbonyl (C=O) groups excluding carboxylic acids is 2. The summed E-state index contributed by atoms with van der Waals surface area (Å²) in [5.41, 5.74) is 11.8. The fourth-order valence-corrected chi connectivity index (χ4v) is 4.39. The van der Waals surface area contributed by atoms with Crippen LogP contribution in [0.4, 0.5) is 10.5 Å². The maximum Gasteiger partial charge on any atom is 0.407 e. The average molecular weight is 469 g/mol. The predicted molar refractivity (Wildman–Crippen MR) is 134 cm³/mol. The first kappa shape index (κ1) is 23.5. The molecule has 0 atom stereocenters. The molecule has 176 valence electrons. The molecule has 1 aliphatic carbocycles. The number of benzene rings is 4. The van der Waals surface area contributed by atoms with Crippen LogP contribution in [0.5, 0.6) is 0 Å². The number of hydrogen-bond donors (Lipinski definition) is 3. The van der Waals surface area contributed by atoms with Gasteiger partial charge in [-0.3, -0.25) is 9.59 Å². The van der Waals surface area contributed by atoms with E-state index in [1.807, 2.05) is 48.5 Å². The normalized spacial score (nSPS) is 11.5. The summed E-state index contributed by atoms with van der Waals surface area (Å²) in [5.74, 6) is -0.211. The molecule has 4 N–H and O–H groups in total. The van der Waals surface area contributed by atoms with Gasteiger partial charge in [0.1, 0.15) is 6.61 Å². The summed E-state index contributed by atoms with van der Waals surface area (Å²) >= 11 is 0. The minimum atomic E-state index is -0.606. The Kier molecular flexibility index (Phi) is 7.07. The predicted octanol–water partition coefficient (Wildman–Crippen LogP) is 4.84. The second kappa shape index (κ2) is 10.5. The van der Waals surface area contributed by atoms with Gasteiger partial charge in [-0.1, -0.05) is 72.8 Å². The Morgan fingerprint density at radius 1 is 0.914 bits per heavy atom. The first-order valence-electron chi connectivity index (χ1n) is 11.0. The highest BCUT2D eigenvalue weighted by molar-refractivity contribution is 6.03. The van der Waals surface area contributed by atoms with E-state index in [-0.39, 0.29) is 31.3 Å². The smallest absolute Gasteiger partial charge is 0.407 e. The van der Waals surface area contributed by atoms with Crippen LogP contribution in [-0.2, 0) is 9.53 Å². The van der Waals surface area contributed by atoms with Crippen molar-refractivity contribution in [3.05, 3.63) is 102 Å². The number of amides is 1. The zero-order valence-electron chi connectivity index (χ0n) is 18.8.